The number of rotatable bonds is 4. The van der Waals surface area contributed by atoms with Crippen LogP contribution in [0.2, 0.25) is 0 Å². The number of anilines is 1. The smallest absolute Gasteiger partial charge is 0.392 e. The highest BCUT2D eigenvalue weighted by molar-refractivity contribution is 7.98. The second-order valence-corrected chi connectivity index (χ2v) is 7.73. The van der Waals surface area contributed by atoms with Gasteiger partial charge in [0.05, 0.1) is 18.7 Å². The topological polar surface area (TPSA) is 97.3 Å². The third kappa shape index (κ3) is 3.47. The molecule has 0 saturated heterocycles. The molecule has 0 bridgehead atoms. The monoisotopic (exact) mass is 437 g/mol. The first-order chi connectivity index (χ1) is 14.2. The minimum Gasteiger partial charge on any atom is -0.392 e. The molecule has 0 aliphatic carbocycles. The highest BCUT2D eigenvalue weighted by atomic mass is 32.2. The normalized spacial score (nSPS) is 14.2. The highest BCUT2D eigenvalue weighted by Crippen LogP contribution is 2.34. The maximum atomic E-state index is 13.3. The number of amides is 1. The number of hydrogen-bond donors (Lipinski definition) is 2. The molecule has 158 valence electrons. The van der Waals surface area contributed by atoms with Gasteiger partial charge in [0.25, 0.3) is 5.91 Å². The van der Waals surface area contributed by atoms with Gasteiger partial charge >= 0.3 is 6.18 Å². The SMILES string of the molecule is CSc1cc2c(cc1CO)cc1n2CCN(c2ncc(C(N)=O)c(C(F)(F)F)n2)C1. The fourth-order valence-corrected chi connectivity index (χ4v) is 4.31. The molecule has 1 aliphatic heterocycles. The quantitative estimate of drug-likeness (QED) is 0.610. The van der Waals surface area contributed by atoms with Crippen molar-refractivity contribution in [3.05, 3.63) is 46.9 Å². The van der Waals surface area contributed by atoms with Gasteiger partial charge in [0, 0.05) is 40.8 Å². The zero-order chi connectivity index (χ0) is 21.6. The zero-order valence-electron chi connectivity index (χ0n) is 15.9. The van der Waals surface area contributed by atoms with Crippen LogP contribution in [0.4, 0.5) is 19.1 Å². The molecule has 3 N–H and O–H groups in total. The van der Waals surface area contributed by atoms with E-state index in [1.54, 1.807) is 16.7 Å². The number of aliphatic hydroxyl groups excluding tert-OH is 1. The lowest BCUT2D eigenvalue weighted by Crippen LogP contribution is -2.35. The van der Waals surface area contributed by atoms with Gasteiger partial charge in [-0.25, -0.2) is 9.97 Å². The summed E-state index contributed by atoms with van der Waals surface area (Å²) in [6.45, 7) is 1.18. The Morgan fingerprint density at radius 2 is 2.07 bits per heavy atom. The molecule has 0 unspecified atom stereocenters. The highest BCUT2D eigenvalue weighted by Gasteiger charge is 2.38. The molecule has 3 aromatic rings. The second-order valence-electron chi connectivity index (χ2n) is 6.88. The Bertz CT molecular complexity index is 1150. The molecule has 0 radical (unpaired) electrons. The van der Waals surface area contributed by atoms with E-state index < -0.39 is 23.3 Å². The van der Waals surface area contributed by atoms with Crippen molar-refractivity contribution in [2.75, 3.05) is 17.7 Å². The van der Waals surface area contributed by atoms with Gasteiger partial charge in [-0.3, -0.25) is 4.79 Å². The third-order valence-electron chi connectivity index (χ3n) is 5.10. The lowest BCUT2D eigenvalue weighted by atomic mass is 10.1. The lowest BCUT2D eigenvalue weighted by molar-refractivity contribution is -0.141. The van der Waals surface area contributed by atoms with Crippen LogP contribution >= 0.6 is 11.8 Å². The molecule has 1 aromatic carbocycles. The Morgan fingerprint density at radius 3 is 2.70 bits per heavy atom. The van der Waals surface area contributed by atoms with E-state index in [-0.39, 0.29) is 12.6 Å². The van der Waals surface area contributed by atoms with E-state index in [1.165, 1.54) is 0 Å². The molecular weight excluding hydrogens is 419 g/mol. The average Bonchev–Trinajstić information content (AvgIpc) is 3.07. The minimum atomic E-state index is -4.82. The maximum absolute atomic E-state index is 13.3. The molecule has 2 aromatic heterocycles. The summed E-state index contributed by atoms with van der Waals surface area (Å²) in [7, 11) is 0. The Labute approximate surface area is 173 Å². The first kappa shape index (κ1) is 20.5. The molecule has 1 aliphatic rings. The molecule has 0 atom stereocenters. The molecule has 0 fully saturated rings. The molecule has 4 rings (SSSR count). The predicted molar refractivity (Wildman–Crippen MR) is 106 cm³/mol. The van der Waals surface area contributed by atoms with Gasteiger partial charge in [0.2, 0.25) is 5.95 Å². The summed E-state index contributed by atoms with van der Waals surface area (Å²) >= 11 is 1.55. The molecule has 7 nitrogen and oxygen atoms in total. The number of fused-ring (bicyclic) bond motifs is 3. The Morgan fingerprint density at radius 1 is 1.30 bits per heavy atom. The van der Waals surface area contributed by atoms with Crippen molar-refractivity contribution in [1.29, 1.82) is 0 Å². The number of primary amides is 1. The van der Waals surface area contributed by atoms with Crippen LogP contribution in [-0.4, -0.2) is 38.3 Å². The fraction of sp³-hybridized carbons (Fsp3) is 0.316. The number of nitrogens with zero attached hydrogens (tertiary/aromatic N) is 4. The van der Waals surface area contributed by atoms with Crippen LogP contribution in [0, 0.1) is 0 Å². The van der Waals surface area contributed by atoms with Crippen molar-refractivity contribution in [3.8, 4) is 0 Å². The van der Waals surface area contributed by atoms with Crippen LogP contribution in [-0.2, 0) is 25.9 Å². The number of aliphatic hydroxyl groups is 1. The summed E-state index contributed by atoms with van der Waals surface area (Å²) in [5.41, 5.74) is 5.69. The molecule has 1 amide bonds. The van der Waals surface area contributed by atoms with Gasteiger partial charge in [-0.15, -0.1) is 11.8 Å². The fourth-order valence-electron chi connectivity index (χ4n) is 3.69. The van der Waals surface area contributed by atoms with E-state index in [2.05, 4.69) is 14.5 Å². The van der Waals surface area contributed by atoms with Gasteiger partial charge in [0.15, 0.2) is 5.69 Å². The number of alkyl halides is 3. The summed E-state index contributed by atoms with van der Waals surface area (Å²) in [5.74, 6) is -1.33. The van der Waals surface area contributed by atoms with Gasteiger partial charge in [-0.05, 0) is 30.0 Å². The van der Waals surface area contributed by atoms with Crippen molar-refractivity contribution in [2.24, 2.45) is 5.73 Å². The van der Waals surface area contributed by atoms with Crippen molar-refractivity contribution in [1.82, 2.24) is 14.5 Å². The zero-order valence-corrected chi connectivity index (χ0v) is 16.7. The largest absolute Gasteiger partial charge is 0.434 e. The van der Waals surface area contributed by atoms with Gasteiger partial charge in [-0.2, -0.15) is 13.2 Å². The Balaban J connectivity index is 1.72. The molecule has 30 heavy (non-hydrogen) atoms. The Hall–Kier alpha value is -2.79. The van der Waals surface area contributed by atoms with Crippen molar-refractivity contribution < 1.29 is 23.1 Å². The van der Waals surface area contributed by atoms with Crippen molar-refractivity contribution >= 4 is 34.5 Å². The summed E-state index contributed by atoms with van der Waals surface area (Å²) in [6.07, 6.45) is -2.05. The van der Waals surface area contributed by atoms with E-state index in [9.17, 15) is 23.1 Å². The number of benzene rings is 1. The number of carbonyl (C=O) groups excluding carboxylic acids is 1. The summed E-state index contributed by atoms with van der Waals surface area (Å²) in [6, 6.07) is 5.90. The van der Waals surface area contributed by atoms with Gasteiger partial charge in [0.1, 0.15) is 0 Å². The number of carbonyl (C=O) groups is 1. The van der Waals surface area contributed by atoms with Crippen molar-refractivity contribution in [3.63, 3.8) is 0 Å². The first-order valence-corrected chi connectivity index (χ1v) is 10.2. The van der Waals surface area contributed by atoms with Crippen LogP contribution < -0.4 is 10.6 Å². The number of thioether (sulfide) groups is 1. The first-order valence-electron chi connectivity index (χ1n) is 9.01. The van der Waals surface area contributed by atoms with E-state index in [1.807, 2.05) is 24.5 Å². The molecule has 11 heteroatoms. The number of aromatic nitrogens is 3. The summed E-state index contributed by atoms with van der Waals surface area (Å²) in [5, 5.41) is 10.5. The van der Waals surface area contributed by atoms with E-state index in [4.69, 9.17) is 5.73 Å². The molecule has 3 heterocycles. The van der Waals surface area contributed by atoms with Gasteiger partial charge in [-0.1, -0.05) is 0 Å². The van der Waals surface area contributed by atoms with Crippen LogP contribution in [0.5, 0.6) is 0 Å². The number of hydrogen-bond acceptors (Lipinski definition) is 6. The van der Waals surface area contributed by atoms with E-state index in [0.717, 1.165) is 33.3 Å². The van der Waals surface area contributed by atoms with E-state index in [0.29, 0.717) is 19.6 Å². The average molecular weight is 437 g/mol. The van der Waals surface area contributed by atoms with Crippen LogP contribution in [0.15, 0.2) is 29.3 Å². The number of halogens is 3. The molecular formula is C19H18F3N5O2S. The summed E-state index contributed by atoms with van der Waals surface area (Å²) in [4.78, 5) is 21.5. The van der Waals surface area contributed by atoms with Crippen LogP contribution in [0.25, 0.3) is 10.9 Å². The van der Waals surface area contributed by atoms with Crippen molar-refractivity contribution in [2.45, 2.75) is 30.8 Å². The van der Waals surface area contributed by atoms with Crippen LogP contribution in [0.1, 0.15) is 27.3 Å². The lowest BCUT2D eigenvalue weighted by Gasteiger charge is -2.29. The van der Waals surface area contributed by atoms with Crippen LogP contribution in [0.3, 0.4) is 0 Å². The minimum absolute atomic E-state index is 0.0704. The summed E-state index contributed by atoms with van der Waals surface area (Å²) < 4.78 is 42.1. The molecule has 0 saturated carbocycles. The second kappa shape index (κ2) is 7.47. The third-order valence-corrected chi connectivity index (χ3v) is 5.92. The van der Waals surface area contributed by atoms with Gasteiger partial charge < -0.3 is 20.3 Å². The molecule has 0 spiro atoms. The maximum Gasteiger partial charge on any atom is 0.434 e. The Kier molecular flexibility index (Phi) is 5.10. The van der Waals surface area contributed by atoms with E-state index >= 15 is 0 Å². The predicted octanol–water partition coefficient (Wildman–Crippen LogP) is 2.78. The number of nitrogens with two attached hydrogens (primary N) is 1. The standard InChI is InChI=1S/C19H18F3N5O2S/c1-30-15-6-14-10(4-11(15)9-28)5-12-8-26(2-3-27(12)14)18-24-7-13(17(23)29)16(25-18)19(20,21)22/h4-7,28H,2-3,8-9H2,1H3,(H2,23,29).